The second-order valence-electron chi connectivity index (χ2n) is 7.11. The van der Waals surface area contributed by atoms with Gasteiger partial charge >= 0.3 is 0 Å². The molecule has 0 unspecified atom stereocenters. The van der Waals surface area contributed by atoms with Gasteiger partial charge in [0.15, 0.2) is 5.69 Å². The number of carbonyl (C=O) groups is 2. The lowest BCUT2D eigenvalue weighted by Gasteiger charge is -2.26. The molecule has 150 valence electrons. The number of rotatable bonds is 5. The molecule has 8 heteroatoms. The molecule has 28 heavy (non-hydrogen) atoms. The standard InChI is InChI=1S/C20H25ClN4O3/c1-12(15-5-3-4-6-16(15)21)25-18(11-17(24-25)19(27)22-2)20(28)23-13-7-9-14(26)10-8-13/h3-6,11-14,26H,7-10H2,1-2H3,(H,22,27)(H,23,28)/t12-,13-,14-/m0/s1. The smallest absolute Gasteiger partial charge is 0.271 e. The zero-order valence-corrected chi connectivity index (χ0v) is 16.7. The Bertz CT molecular complexity index is 859. The highest BCUT2D eigenvalue weighted by molar-refractivity contribution is 6.31. The second kappa shape index (κ2) is 8.75. The van der Waals surface area contributed by atoms with Crippen LogP contribution in [0.15, 0.2) is 30.3 Å². The average molecular weight is 405 g/mol. The van der Waals surface area contributed by atoms with E-state index in [1.54, 1.807) is 10.7 Å². The van der Waals surface area contributed by atoms with E-state index in [9.17, 15) is 14.7 Å². The molecule has 1 heterocycles. The van der Waals surface area contributed by atoms with Gasteiger partial charge in [-0.1, -0.05) is 29.8 Å². The minimum Gasteiger partial charge on any atom is -0.393 e. The molecule has 1 atom stereocenters. The van der Waals surface area contributed by atoms with Crippen molar-refractivity contribution in [3.63, 3.8) is 0 Å². The van der Waals surface area contributed by atoms with Gasteiger partial charge in [-0.2, -0.15) is 5.10 Å². The maximum atomic E-state index is 13.0. The number of nitrogens with one attached hydrogen (secondary N) is 2. The molecule has 7 nitrogen and oxygen atoms in total. The van der Waals surface area contributed by atoms with Crippen molar-refractivity contribution in [2.24, 2.45) is 0 Å². The molecule has 0 bridgehead atoms. The molecule has 1 fully saturated rings. The summed E-state index contributed by atoms with van der Waals surface area (Å²) in [5.41, 5.74) is 1.29. The van der Waals surface area contributed by atoms with Crippen LogP contribution in [-0.4, -0.2) is 45.9 Å². The number of nitrogens with zero attached hydrogens (tertiary/aromatic N) is 2. The molecule has 0 spiro atoms. The predicted octanol–water partition coefficient (Wildman–Crippen LogP) is 2.54. The van der Waals surface area contributed by atoms with Gasteiger partial charge < -0.3 is 15.7 Å². The summed E-state index contributed by atoms with van der Waals surface area (Å²) in [7, 11) is 1.52. The molecule has 0 saturated heterocycles. The van der Waals surface area contributed by atoms with Crippen LogP contribution in [0.4, 0.5) is 0 Å². The van der Waals surface area contributed by atoms with Crippen LogP contribution >= 0.6 is 11.6 Å². The number of aliphatic hydroxyl groups is 1. The highest BCUT2D eigenvalue weighted by Crippen LogP contribution is 2.27. The van der Waals surface area contributed by atoms with Crippen molar-refractivity contribution >= 4 is 23.4 Å². The quantitative estimate of drug-likeness (QED) is 0.713. The van der Waals surface area contributed by atoms with Crippen molar-refractivity contribution in [1.29, 1.82) is 0 Å². The lowest BCUT2D eigenvalue weighted by Crippen LogP contribution is -2.39. The third kappa shape index (κ3) is 4.36. The molecule has 3 rings (SSSR count). The summed E-state index contributed by atoms with van der Waals surface area (Å²) < 4.78 is 1.54. The Morgan fingerprint density at radius 1 is 1.21 bits per heavy atom. The van der Waals surface area contributed by atoms with Crippen molar-refractivity contribution in [2.75, 3.05) is 7.05 Å². The highest BCUT2D eigenvalue weighted by Gasteiger charge is 2.26. The van der Waals surface area contributed by atoms with Crippen LogP contribution < -0.4 is 10.6 Å². The fourth-order valence-corrected chi connectivity index (χ4v) is 3.82. The lowest BCUT2D eigenvalue weighted by atomic mass is 9.93. The van der Waals surface area contributed by atoms with Crippen LogP contribution in [-0.2, 0) is 0 Å². The summed E-state index contributed by atoms with van der Waals surface area (Å²) in [5, 5.41) is 20.1. The van der Waals surface area contributed by atoms with Crippen LogP contribution in [0.3, 0.4) is 0 Å². The summed E-state index contributed by atoms with van der Waals surface area (Å²) in [6.07, 6.45) is 2.50. The van der Waals surface area contributed by atoms with Gasteiger partial charge in [-0.25, -0.2) is 0 Å². The van der Waals surface area contributed by atoms with Crippen LogP contribution in [0.1, 0.15) is 65.2 Å². The molecule has 1 aliphatic carbocycles. The van der Waals surface area contributed by atoms with Gasteiger partial charge in [-0.05, 0) is 44.2 Å². The van der Waals surface area contributed by atoms with E-state index in [4.69, 9.17) is 11.6 Å². The topological polar surface area (TPSA) is 96.3 Å². The first-order valence-corrected chi connectivity index (χ1v) is 9.83. The number of aliphatic hydroxyl groups excluding tert-OH is 1. The molecule has 2 amide bonds. The number of carbonyl (C=O) groups excluding carboxylic acids is 2. The zero-order chi connectivity index (χ0) is 20.3. The summed E-state index contributed by atoms with van der Waals surface area (Å²) in [5.74, 6) is -0.650. The maximum absolute atomic E-state index is 13.0. The minimum absolute atomic E-state index is 0.00155. The van der Waals surface area contributed by atoms with E-state index >= 15 is 0 Å². The van der Waals surface area contributed by atoms with Crippen molar-refractivity contribution < 1.29 is 14.7 Å². The first-order valence-electron chi connectivity index (χ1n) is 9.45. The highest BCUT2D eigenvalue weighted by atomic mass is 35.5. The Morgan fingerprint density at radius 3 is 2.54 bits per heavy atom. The molecule has 0 radical (unpaired) electrons. The Hall–Kier alpha value is -2.38. The molecule has 1 saturated carbocycles. The molecular weight excluding hydrogens is 380 g/mol. The summed E-state index contributed by atoms with van der Waals surface area (Å²) in [6.45, 7) is 1.88. The average Bonchev–Trinajstić information content (AvgIpc) is 3.14. The van der Waals surface area contributed by atoms with Crippen molar-refractivity contribution in [2.45, 2.75) is 50.8 Å². The van der Waals surface area contributed by atoms with E-state index in [0.717, 1.165) is 18.4 Å². The van der Waals surface area contributed by atoms with E-state index in [-0.39, 0.29) is 35.7 Å². The third-order valence-electron chi connectivity index (χ3n) is 5.18. The first-order chi connectivity index (χ1) is 13.4. The fraction of sp³-hybridized carbons (Fsp3) is 0.450. The van der Waals surface area contributed by atoms with Crippen molar-refractivity contribution in [3.8, 4) is 0 Å². The molecule has 3 N–H and O–H groups in total. The summed E-state index contributed by atoms with van der Waals surface area (Å²) in [6, 6.07) is 8.53. The first kappa shape index (κ1) is 20.4. The largest absolute Gasteiger partial charge is 0.393 e. The maximum Gasteiger partial charge on any atom is 0.271 e. The molecule has 2 aromatic rings. The van der Waals surface area contributed by atoms with E-state index < -0.39 is 0 Å². The van der Waals surface area contributed by atoms with Crippen LogP contribution in [0, 0.1) is 0 Å². The molecule has 1 aromatic carbocycles. The molecular formula is C20H25ClN4O3. The Kier molecular flexibility index (Phi) is 6.36. The van der Waals surface area contributed by atoms with Gasteiger partial charge in [0, 0.05) is 24.2 Å². The number of hydrogen-bond donors (Lipinski definition) is 3. The number of aromatic nitrogens is 2. The SMILES string of the molecule is CNC(=O)c1cc(C(=O)N[C@H]2CC[C@H](O)CC2)n([C@@H](C)c2ccccc2Cl)n1. The minimum atomic E-state index is -0.361. The second-order valence-corrected chi connectivity index (χ2v) is 7.52. The Balaban J connectivity index is 1.90. The van der Waals surface area contributed by atoms with Gasteiger partial charge in [-0.3, -0.25) is 14.3 Å². The number of hydrogen-bond acceptors (Lipinski definition) is 4. The van der Waals surface area contributed by atoms with Crippen LogP contribution in [0.5, 0.6) is 0 Å². The van der Waals surface area contributed by atoms with Crippen molar-refractivity contribution in [1.82, 2.24) is 20.4 Å². The lowest BCUT2D eigenvalue weighted by molar-refractivity contribution is 0.0856. The number of amides is 2. The third-order valence-corrected chi connectivity index (χ3v) is 5.53. The molecule has 1 aliphatic rings. The van der Waals surface area contributed by atoms with Crippen molar-refractivity contribution in [3.05, 3.63) is 52.3 Å². The van der Waals surface area contributed by atoms with Gasteiger partial charge in [0.1, 0.15) is 5.69 Å². The van der Waals surface area contributed by atoms with E-state index in [0.29, 0.717) is 23.6 Å². The predicted molar refractivity (Wildman–Crippen MR) is 107 cm³/mol. The Labute approximate surface area is 169 Å². The van der Waals surface area contributed by atoms with E-state index in [2.05, 4.69) is 15.7 Å². The fourth-order valence-electron chi connectivity index (χ4n) is 3.52. The summed E-state index contributed by atoms with van der Waals surface area (Å²) >= 11 is 6.32. The van der Waals surface area contributed by atoms with Crippen LogP contribution in [0.2, 0.25) is 5.02 Å². The van der Waals surface area contributed by atoms with E-state index in [1.165, 1.54) is 13.1 Å². The summed E-state index contributed by atoms with van der Waals surface area (Å²) in [4.78, 5) is 25.0. The number of halogens is 1. The Morgan fingerprint density at radius 2 is 1.89 bits per heavy atom. The normalized spacial score (nSPS) is 20.4. The van der Waals surface area contributed by atoms with Gasteiger partial charge in [0.25, 0.3) is 11.8 Å². The van der Waals surface area contributed by atoms with Gasteiger partial charge in [-0.15, -0.1) is 0 Å². The van der Waals surface area contributed by atoms with E-state index in [1.807, 2.05) is 25.1 Å². The zero-order valence-electron chi connectivity index (χ0n) is 16.0. The van der Waals surface area contributed by atoms with Crippen LogP contribution in [0.25, 0.3) is 0 Å². The number of benzene rings is 1. The molecule has 1 aromatic heterocycles. The monoisotopic (exact) mass is 404 g/mol. The molecule has 0 aliphatic heterocycles. The van der Waals surface area contributed by atoms with Gasteiger partial charge in [0.2, 0.25) is 0 Å². The van der Waals surface area contributed by atoms with Gasteiger partial charge in [0.05, 0.1) is 12.1 Å².